The molecule has 0 radical (unpaired) electrons. The molecule has 9 nitrogen and oxygen atoms in total. The van der Waals surface area contributed by atoms with Gasteiger partial charge in [-0.1, -0.05) is 0 Å². The van der Waals surface area contributed by atoms with Crippen LogP contribution in [0.2, 0.25) is 0 Å². The highest BCUT2D eigenvalue weighted by Crippen LogP contribution is 2.40. The first-order valence-corrected chi connectivity index (χ1v) is 7.29. The van der Waals surface area contributed by atoms with E-state index < -0.39 is 36.2 Å². The summed E-state index contributed by atoms with van der Waals surface area (Å²) in [4.78, 5) is 18.4. The van der Waals surface area contributed by atoms with E-state index in [2.05, 4.69) is 25.9 Å². The maximum Gasteiger partial charge on any atom is 0.262 e. The fourth-order valence-corrected chi connectivity index (χ4v) is 3.28. The topological polar surface area (TPSA) is 147 Å². The van der Waals surface area contributed by atoms with Gasteiger partial charge in [0.25, 0.3) is 5.56 Å². The number of fused-ring (bicyclic) bond motifs is 1. The number of nitrogens with two attached hydrogens (primary N) is 1. The van der Waals surface area contributed by atoms with Gasteiger partial charge < -0.3 is 30.4 Å². The van der Waals surface area contributed by atoms with E-state index in [1.807, 2.05) is 0 Å². The Labute approximate surface area is 132 Å². The zero-order valence-corrected chi connectivity index (χ0v) is 13.1. The molecule has 0 unspecified atom stereocenters. The maximum absolute atomic E-state index is 12.0. The summed E-state index contributed by atoms with van der Waals surface area (Å²) < 4.78 is 7.37. The molecular formula is C12H15BrN4O5. The van der Waals surface area contributed by atoms with Crippen molar-refractivity contribution in [2.24, 2.45) is 0 Å². The molecule has 1 fully saturated rings. The molecule has 3 rings (SSSR count). The number of rotatable bonds is 2. The van der Waals surface area contributed by atoms with E-state index in [9.17, 15) is 20.1 Å². The van der Waals surface area contributed by atoms with Crippen LogP contribution in [0.1, 0.15) is 13.2 Å². The van der Waals surface area contributed by atoms with E-state index in [-0.39, 0.29) is 17.0 Å². The van der Waals surface area contributed by atoms with Gasteiger partial charge in [0, 0.05) is 6.20 Å². The number of hydrogen-bond acceptors (Lipinski definition) is 7. The molecule has 1 saturated heterocycles. The first-order valence-electron chi connectivity index (χ1n) is 6.50. The van der Waals surface area contributed by atoms with Crippen LogP contribution in [-0.2, 0) is 4.74 Å². The van der Waals surface area contributed by atoms with Crippen molar-refractivity contribution in [1.29, 1.82) is 0 Å². The van der Waals surface area contributed by atoms with Gasteiger partial charge in [-0.25, -0.2) is 0 Å². The summed E-state index contributed by atoms with van der Waals surface area (Å²) in [5.41, 5.74) is 3.64. The molecule has 0 amide bonds. The Morgan fingerprint density at radius 3 is 2.91 bits per heavy atom. The second kappa shape index (κ2) is 5.03. The predicted molar refractivity (Wildman–Crippen MR) is 80.1 cm³/mol. The van der Waals surface area contributed by atoms with Gasteiger partial charge in [0.15, 0.2) is 11.9 Å². The standard InChI is InChI=1S/C12H15BrN4O5/c1-12(21)7(19)5(3-18)22-10(12)17-2-4(13)6-8(17)15-11(14)16-9(6)20/h2,5,7,10,18-19,21H,3H2,1H3,(H3,14,15,16,20)/t5-,7-,10-,12-/m1/s1. The lowest BCUT2D eigenvalue weighted by atomic mass is 9.96. The number of nitrogens with zero attached hydrogens (tertiary/aromatic N) is 2. The van der Waals surface area contributed by atoms with E-state index in [1.165, 1.54) is 17.7 Å². The molecule has 0 aromatic carbocycles. The highest BCUT2D eigenvalue weighted by Gasteiger charge is 2.53. The number of H-pyrrole nitrogens is 1. The van der Waals surface area contributed by atoms with Crippen LogP contribution < -0.4 is 11.3 Å². The Morgan fingerprint density at radius 2 is 2.32 bits per heavy atom. The first-order chi connectivity index (χ1) is 10.3. The fraction of sp³-hybridized carbons (Fsp3) is 0.500. The summed E-state index contributed by atoms with van der Waals surface area (Å²) in [6.07, 6.45) is -1.77. The number of nitrogen functional groups attached to an aromatic ring is 1. The van der Waals surface area contributed by atoms with Gasteiger partial charge >= 0.3 is 0 Å². The largest absolute Gasteiger partial charge is 0.394 e. The number of nitrogens with one attached hydrogen (secondary N) is 1. The number of hydrogen-bond donors (Lipinski definition) is 5. The summed E-state index contributed by atoms with van der Waals surface area (Å²) in [6, 6.07) is 0. The number of halogens is 1. The van der Waals surface area contributed by atoms with Crippen LogP contribution in [0.4, 0.5) is 5.95 Å². The molecule has 10 heteroatoms. The van der Waals surface area contributed by atoms with Crippen molar-refractivity contribution in [3.8, 4) is 0 Å². The zero-order valence-electron chi connectivity index (χ0n) is 11.5. The minimum absolute atomic E-state index is 0.0822. The van der Waals surface area contributed by atoms with Gasteiger partial charge in [0.1, 0.15) is 17.8 Å². The lowest BCUT2D eigenvalue weighted by molar-refractivity contribution is -0.0948. The third-order valence-electron chi connectivity index (χ3n) is 3.84. The van der Waals surface area contributed by atoms with Crippen molar-refractivity contribution >= 4 is 32.9 Å². The van der Waals surface area contributed by atoms with Gasteiger partial charge in [-0.05, 0) is 22.9 Å². The molecule has 3 heterocycles. The number of aromatic nitrogens is 3. The van der Waals surface area contributed by atoms with Crippen LogP contribution in [0.15, 0.2) is 15.5 Å². The Kier molecular flexibility index (Phi) is 3.53. The summed E-state index contributed by atoms with van der Waals surface area (Å²) in [5.74, 6) is -0.0822. The third kappa shape index (κ3) is 2.07. The molecule has 2 aromatic heterocycles. The quantitative estimate of drug-likeness (QED) is 0.456. The van der Waals surface area contributed by atoms with E-state index in [1.54, 1.807) is 0 Å². The molecule has 1 aliphatic rings. The van der Waals surface area contributed by atoms with Crippen molar-refractivity contribution in [2.45, 2.75) is 31.0 Å². The molecule has 4 atom stereocenters. The van der Waals surface area contributed by atoms with Gasteiger partial charge in [-0.15, -0.1) is 0 Å². The molecule has 22 heavy (non-hydrogen) atoms. The van der Waals surface area contributed by atoms with Crippen molar-refractivity contribution in [2.75, 3.05) is 12.3 Å². The van der Waals surface area contributed by atoms with Crippen molar-refractivity contribution in [3.05, 3.63) is 21.0 Å². The van der Waals surface area contributed by atoms with Gasteiger partial charge in [-0.2, -0.15) is 4.98 Å². The van der Waals surface area contributed by atoms with Gasteiger partial charge in [0.05, 0.1) is 16.5 Å². The Morgan fingerprint density at radius 1 is 1.64 bits per heavy atom. The third-order valence-corrected chi connectivity index (χ3v) is 4.44. The average Bonchev–Trinajstić information content (AvgIpc) is 2.86. The summed E-state index contributed by atoms with van der Waals surface area (Å²) >= 11 is 3.25. The minimum atomic E-state index is -1.68. The molecule has 120 valence electrons. The van der Waals surface area contributed by atoms with Crippen LogP contribution in [0.5, 0.6) is 0 Å². The lowest BCUT2D eigenvalue weighted by Gasteiger charge is -2.27. The number of aliphatic hydroxyl groups is 3. The highest BCUT2D eigenvalue weighted by molar-refractivity contribution is 9.10. The van der Waals surface area contributed by atoms with Crippen LogP contribution in [0.25, 0.3) is 11.0 Å². The Hall–Kier alpha value is -1.46. The first kappa shape index (κ1) is 15.4. The maximum atomic E-state index is 12.0. The van der Waals surface area contributed by atoms with Gasteiger partial charge in [0.2, 0.25) is 5.95 Å². The molecule has 0 spiro atoms. The fourth-order valence-electron chi connectivity index (χ4n) is 2.70. The van der Waals surface area contributed by atoms with E-state index in [4.69, 9.17) is 10.5 Å². The molecule has 0 aliphatic carbocycles. The molecule has 0 bridgehead atoms. The number of aliphatic hydroxyl groups excluding tert-OH is 2. The smallest absolute Gasteiger partial charge is 0.262 e. The zero-order chi connectivity index (χ0) is 16.2. The van der Waals surface area contributed by atoms with Crippen LogP contribution in [-0.4, -0.2) is 54.3 Å². The summed E-state index contributed by atoms with van der Waals surface area (Å²) in [6.45, 7) is 0.929. The van der Waals surface area contributed by atoms with E-state index >= 15 is 0 Å². The molecule has 6 N–H and O–H groups in total. The monoisotopic (exact) mass is 374 g/mol. The van der Waals surface area contributed by atoms with Crippen LogP contribution in [0.3, 0.4) is 0 Å². The summed E-state index contributed by atoms with van der Waals surface area (Å²) in [7, 11) is 0. The Bertz CT molecular complexity index is 786. The molecule has 1 aliphatic heterocycles. The molecular weight excluding hydrogens is 360 g/mol. The van der Waals surface area contributed by atoms with Crippen molar-refractivity contribution in [1.82, 2.24) is 14.5 Å². The number of anilines is 1. The van der Waals surface area contributed by atoms with Crippen LogP contribution >= 0.6 is 15.9 Å². The summed E-state index contributed by atoms with van der Waals surface area (Å²) in [5, 5.41) is 30.1. The van der Waals surface area contributed by atoms with Crippen molar-refractivity contribution in [3.63, 3.8) is 0 Å². The van der Waals surface area contributed by atoms with Crippen LogP contribution in [0, 0.1) is 0 Å². The Balaban J connectivity index is 2.21. The molecule has 2 aromatic rings. The number of ether oxygens (including phenoxy) is 1. The van der Waals surface area contributed by atoms with Gasteiger partial charge in [-0.3, -0.25) is 9.78 Å². The SMILES string of the molecule is C[C@@]1(O)[C@H](O)[C@@H](CO)O[C@H]1n1cc(Br)c2c(=O)[nH]c(N)nc21. The second-order valence-corrected chi connectivity index (χ2v) is 6.27. The lowest BCUT2D eigenvalue weighted by Crippen LogP contribution is -2.44. The predicted octanol–water partition coefficient (Wildman–Crippen LogP) is -0.929. The second-order valence-electron chi connectivity index (χ2n) is 5.41. The van der Waals surface area contributed by atoms with E-state index in [0.29, 0.717) is 4.47 Å². The average molecular weight is 375 g/mol. The van der Waals surface area contributed by atoms with E-state index in [0.717, 1.165) is 0 Å². The molecule has 0 saturated carbocycles. The minimum Gasteiger partial charge on any atom is -0.394 e. The van der Waals surface area contributed by atoms with Crippen molar-refractivity contribution < 1.29 is 20.1 Å². The normalized spacial score (nSPS) is 32.0. The highest BCUT2D eigenvalue weighted by atomic mass is 79.9. The number of aromatic amines is 1.